The molecule has 0 atom stereocenters. The maximum absolute atomic E-state index is 12.5. The molecule has 3 N–H and O–H groups in total. The van der Waals surface area contributed by atoms with Crippen molar-refractivity contribution in [2.24, 2.45) is 5.92 Å². The fourth-order valence-electron chi connectivity index (χ4n) is 3.38. The summed E-state index contributed by atoms with van der Waals surface area (Å²) in [5.41, 5.74) is 1.69. The van der Waals surface area contributed by atoms with E-state index in [1.165, 1.54) is 30.0 Å². The van der Waals surface area contributed by atoms with Gasteiger partial charge >= 0.3 is 0 Å². The van der Waals surface area contributed by atoms with Crippen LogP contribution in [0.15, 0.2) is 30.5 Å². The molecule has 1 aromatic carbocycles. The zero-order chi connectivity index (χ0) is 18.7. The molecule has 0 saturated carbocycles. The topological polar surface area (TPSA) is 77.7 Å². The Labute approximate surface area is 154 Å². The van der Waals surface area contributed by atoms with Crippen LogP contribution in [0.1, 0.15) is 43.5 Å². The molecule has 1 fully saturated rings. The fraction of sp³-hybridized carbons (Fsp3) is 0.450. The molecule has 3 rings (SSSR count). The molecule has 6 nitrogen and oxygen atoms in total. The minimum atomic E-state index is -0.520. The van der Waals surface area contributed by atoms with Gasteiger partial charge in [0.1, 0.15) is 11.3 Å². The summed E-state index contributed by atoms with van der Waals surface area (Å²) < 4.78 is 1.49. The average Bonchev–Trinajstić information content (AvgIpc) is 2.89. The zero-order valence-corrected chi connectivity index (χ0v) is 15.4. The summed E-state index contributed by atoms with van der Waals surface area (Å²) >= 11 is 0. The minimum absolute atomic E-state index is 0.0919. The van der Waals surface area contributed by atoms with Gasteiger partial charge in [0.25, 0.3) is 5.91 Å². The molecule has 0 radical (unpaired) electrons. The quantitative estimate of drug-likeness (QED) is 0.761. The van der Waals surface area contributed by atoms with Crippen LogP contribution >= 0.6 is 0 Å². The number of aromatic hydroxyl groups is 2. The lowest BCUT2D eigenvalue weighted by Crippen LogP contribution is -2.29. The van der Waals surface area contributed by atoms with Crippen molar-refractivity contribution in [2.45, 2.75) is 39.7 Å². The summed E-state index contributed by atoms with van der Waals surface area (Å²) in [6.45, 7) is 6.66. The van der Waals surface area contributed by atoms with Gasteiger partial charge in [-0.1, -0.05) is 13.8 Å². The normalized spacial score (nSPS) is 14.7. The summed E-state index contributed by atoms with van der Waals surface area (Å²) in [5, 5.41) is 23.0. The predicted molar refractivity (Wildman–Crippen MR) is 103 cm³/mol. The van der Waals surface area contributed by atoms with E-state index in [4.69, 9.17) is 0 Å². The first-order chi connectivity index (χ1) is 12.5. The van der Waals surface area contributed by atoms with Gasteiger partial charge in [0, 0.05) is 37.2 Å². The number of aromatic nitrogens is 1. The van der Waals surface area contributed by atoms with Crippen molar-refractivity contribution in [3.8, 4) is 11.6 Å². The largest absolute Gasteiger partial charge is 0.505 e. The fourth-order valence-corrected chi connectivity index (χ4v) is 3.38. The van der Waals surface area contributed by atoms with Gasteiger partial charge in [-0.2, -0.15) is 0 Å². The highest BCUT2D eigenvalue weighted by atomic mass is 16.3. The highest BCUT2D eigenvalue weighted by Gasteiger charge is 2.22. The standard InChI is InChI=1S/C20H27N3O3/c1-14(2)12-23-13-17(24)18(20(23)26)19(25)21-15-6-8-16(9-7-15)22-10-4-3-5-11-22/h6-9,13-14,24,26H,3-5,10-12H2,1-2H3,(H,21,25). The minimum Gasteiger partial charge on any atom is -0.505 e. The SMILES string of the molecule is CC(C)Cn1cc(O)c(C(=O)Nc2ccc(N3CCCCC3)cc2)c1O. The number of amides is 1. The molecule has 1 aromatic heterocycles. The Kier molecular flexibility index (Phi) is 5.40. The number of anilines is 2. The Morgan fingerprint density at radius 2 is 1.77 bits per heavy atom. The molecular formula is C20H27N3O3. The average molecular weight is 357 g/mol. The van der Waals surface area contributed by atoms with Crippen molar-refractivity contribution in [1.82, 2.24) is 4.57 Å². The Hall–Kier alpha value is -2.63. The van der Waals surface area contributed by atoms with Crippen LogP contribution in [0, 0.1) is 5.92 Å². The number of nitrogens with zero attached hydrogens (tertiary/aromatic N) is 2. The van der Waals surface area contributed by atoms with Crippen molar-refractivity contribution in [1.29, 1.82) is 0 Å². The zero-order valence-electron chi connectivity index (χ0n) is 15.4. The molecule has 0 bridgehead atoms. The van der Waals surface area contributed by atoms with Crippen LogP contribution in [0.2, 0.25) is 0 Å². The highest BCUT2D eigenvalue weighted by molar-refractivity contribution is 6.08. The Balaban J connectivity index is 1.71. The van der Waals surface area contributed by atoms with E-state index in [9.17, 15) is 15.0 Å². The second-order valence-electron chi connectivity index (χ2n) is 7.31. The molecule has 0 unspecified atom stereocenters. The first-order valence-electron chi connectivity index (χ1n) is 9.23. The molecule has 1 aliphatic heterocycles. The molecule has 1 amide bonds. The number of carbonyl (C=O) groups is 1. The van der Waals surface area contributed by atoms with E-state index in [0.29, 0.717) is 12.2 Å². The Morgan fingerprint density at radius 1 is 1.12 bits per heavy atom. The lowest BCUT2D eigenvalue weighted by molar-refractivity contribution is 0.102. The van der Waals surface area contributed by atoms with Crippen LogP contribution < -0.4 is 10.2 Å². The molecular weight excluding hydrogens is 330 g/mol. The Bertz CT molecular complexity index is 759. The highest BCUT2D eigenvalue weighted by Crippen LogP contribution is 2.31. The van der Waals surface area contributed by atoms with Crippen molar-refractivity contribution in [2.75, 3.05) is 23.3 Å². The Morgan fingerprint density at radius 3 is 2.38 bits per heavy atom. The lowest BCUT2D eigenvalue weighted by atomic mass is 10.1. The molecule has 0 spiro atoms. The van der Waals surface area contributed by atoms with E-state index in [1.54, 1.807) is 0 Å². The van der Waals surface area contributed by atoms with Crippen LogP contribution in [-0.4, -0.2) is 33.8 Å². The van der Waals surface area contributed by atoms with Crippen molar-refractivity contribution < 1.29 is 15.0 Å². The third-order valence-electron chi connectivity index (χ3n) is 4.67. The molecule has 140 valence electrons. The van der Waals surface area contributed by atoms with Crippen LogP contribution in [0.25, 0.3) is 0 Å². The maximum Gasteiger partial charge on any atom is 0.264 e. The van der Waals surface area contributed by atoms with Gasteiger partial charge in [-0.3, -0.25) is 4.79 Å². The van der Waals surface area contributed by atoms with Gasteiger partial charge in [-0.05, 0) is 49.4 Å². The number of hydrogen-bond acceptors (Lipinski definition) is 4. The van der Waals surface area contributed by atoms with E-state index in [0.717, 1.165) is 18.8 Å². The van der Waals surface area contributed by atoms with Gasteiger partial charge in [0.2, 0.25) is 5.88 Å². The van der Waals surface area contributed by atoms with Gasteiger partial charge < -0.3 is 25.0 Å². The molecule has 2 aromatic rings. The van der Waals surface area contributed by atoms with Crippen molar-refractivity contribution in [3.63, 3.8) is 0 Å². The van der Waals surface area contributed by atoms with Crippen LogP contribution in [0.4, 0.5) is 11.4 Å². The second-order valence-corrected chi connectivity index (χ2v) is 7.31. The van der Waals surface area contributed by atoms with Crippen LogP contribution in [0.5, 0.6) is 11.6 Å². The number of benzene rings is 1. The number of hydrogen-bond donors (Lipinski definition) is 3. The molecule has 26 heavy (non-hydrogen) atoms. The van der Waals surface area contributed by atoms with E-state index < -0.39 is 5.91 Å². The van der Waals surface area contributed by atoms with E-state index >= 15 is 0 Å². The number of piperidine rings is 1. The third-order valence-corrected chi connectivity index (χ3v) is 4.67. The monoisotopic (exact) mass is 357 g/mol. The van der Waals surface area contributed by atoms with Crippen molar-refractivity contribution in [3.05, 3.63) is 36.0 Å². The van der Waals surface area contributed by atoms with Gasteiger partial charge in [-0.15, -0.1) is 0 Å². The summed E-state index contributed by atoms with van der Waals surface area (Å²) in [6.07, 6.45) is 5.10. The van der Waals surface area contributed by atoms with Gasteiger partial charge in [0.05, 0.1) is 0 Å². The third kappa shape index (κ3) is 3.95. The van der Waals surface area contributed by atoms with Gasteiger partial charge in [-0.25, -0.2) is 0 Å². The van der Waals surface area contributed by atoms with E-state index in [2.05, 4.69) is 10.2 Å². The smallest absolute Gasteiger partial charge is 0.264 e. The summed E-state index contributed by atoms with van der Waals surface area (Å²) in [4.78, 5) is 14.8. The first-order valence-corrected chi connectivity index (χ1v) is 9.23. The number of carbonyl (C=O) groups excluding carboxylic acids is 1. The van der Waals surface area contributed by atoms with Crippen LogP contribution in [0.3, 0.4) is 0 Å². The molecule has 6 heteroatoms. The first kappa shape index (κ1) is 18.2. The maximum atomic E-state index is 12.5. The van der Waals surface area contributed by atoms with Gasteiger partial charge in [0.15, 0.2) is 0 Å². The van der Waals surface area contributed by atoms with E-state index in [1.807, 2.05) is 38.1 Å². The number of rotatable bonds is 5. The second kappa shape index (κ2) is 7.72. The summed E-state index contributed by atoms with van der Waals surface area (Å²) in [5.74, 6) is -0.664. The molecule has 2 heterocycles. The predicted octanol–water partition coefficient (Wildman–Crippen LogP) is 3.80. The number of nitrogens with one attached hydrogen (secondary N) is 1. The summed E-state index contributed by atoms with van der Waals surface area (Å²) in [7, 11) is 0. The van der Waals surface area contributed by atoms with Crippen LogP contribution in [-0.2, 0) is 6.54 Å². The molecule has 0 aliphatic carbocycles. The van der Waals surface area contributed by atoms with Crippen molar-refractivity contribution >= 4 is 17.3 Å². The molecule has 1 aliphatic rings. The molecule has 1 saturated heterocycles. The van der Waals surface area contributed by atoms with E-state index in [-0.39, 0.29) is 23.1 Å². The summed E-state index contributed by atoms with van der Waals surface area (Å²) in [6, 6.07) is 7.68. The lowest BCUT2D eigenvalue weighted by Gasteiger charge is -2.28.